The molecule has 1 aliphatic heterocycles. The van der Waals surface area contributed by atoms with Crippen molar-refractivity contribution >= 4 is 17.6 Å². The number of amides is 1. The Morgan fingerprint density at radius 2 is 1.61 bits per heavy atom. The van der Waals surface area contributed by atoms with Crippen LogP contribution in [0.3, 0.4) is 0 Å². The van der Waals surface area contributed by atoms with Crippen LogP contribution in [0.2, 0.25) is 0 Å². The number of hydrogen-bond donors (Lipinski definition) is 1. The van der Waals surface area contributed by atoms with Gasteiger partial charge in [0.05, 0.1) is 33.5 Å². The summed E-state index contributed by atoms with van der Waals surface area (Å²) in [5.41, 5.74) is 3.68. The van der Waals surface area contributed by atoms with Crippen molar-refractivity contribution in [2.45, 2.75) is 31.9 Å². The van der Waals surface area contributed by atoms with Crippen molar-refractivity contribution in [1.82, 2.24) is 5.32 Å². The van der Waals surface area contributed by atoms with Gasteiger partial charge in [0.25, 0.3) is 5.91 Å². The number of methoxy groups -OCH3 is 4. The largest absolute Gasteiger partial charge is 0.496 e. The van der Waals surface area contributed by atoms with E-state index >= 15 is 0 Å². The Kier molecular flexibility index (Phi) is 10.9. The number of carbonyl (C=O) groups excluding carboxylic acids is 2. The molecule has 1 N–H and O–H groups in total. The normalized spacial score (nSPS) is 14.9. The molecule has 0 aromatic heterocycles. The molecule has 1 atom stereocenters. The maximum atomic E-state index is 13.1. The van der Waals surface area contributed by atoms with Crippen LogP contribution >= 0.6 is 0 Å². The Hall–Kier alpha value is -3.63. The van der Waals surface area contributed by atoms with E-state index in [-0.39, 0.29) is 18.1 Å². The molecule has 1 fully saturated rings. The lowest BCUT2D eigenvalue weighted by molar-refractivity contribution is -0.144. The van der Waals surface area contributed by atoms with E-state index in [1.807, 2.05) is 36.4 Å². The quantitative estimate of drug-likeness (QED) is 0.254. The molecule has 1 amide bonds. The molecule has 2 aromatic rings. The lowest BCUT2D eigenvalue weighted by Gasteiger charge is -2.24. The minimum Gasteiger partial charge on any atom is -0.496 e. The second-order valence-electron chi connectivity index (χ2n) is 8.80. The van der Waals surface area contributed by atoms with E-state index in [0.29, 0.717) is 44.2 Å². The fourth-order valence-electron chi connectivity index (χ4n) is 4.48. The molecule has 0 unspecified atom stereocenters. The molecule has 0 aliphatic carbocycles. The van der Waals surface area contributed by atoms with Gasteiger partial charge in [0.1, 0.15) is 30.4 Å². The Bertz CT molecular complexity index is 1090. The Balaban J connectivity index is 1.81. The lowest BCUT2D eigenvalue weighted by Crippen LogP contribution is -2.47. The molecule has 206 valence electrons. The average molecular weight is 529 g/mol. The van der Waals surface area contributed by atoms with Crippen LogP contribution in [0.4, 0.5) is 0 Å². The molecule has 1 heterocycles. The van der Waals surface area contributed by atoms with Gasteiger partial charge in [0.15, 0.2) is 0 Å². The number of nitrogens with zero attached hydrogens (tertiary/aromatic N) is 1. The number of oxime groups is 1. The summed E-state index contributed by atoms with van der Waals surface area (Å²) >= 11 is 0. The zero-order chi connectivity index (χ0) is 27.5. The molecule has 1 aliphatic rings. The first kappa shape index (κ1) is 28.9. The van der Waals surface area contributed by atoms with Crippen LogP contribution in [0.25, 0.3) is 11.1 Å². The summed E-state index contributed by atoms with van der Waals surface area (Å²) in [5, 5.41) is 6.74. The van der Waals surface area contributed by atoms with Crippen molar-refractivity contribution in [1.29, 1.82) is 0 Å². The molecule has 1 saturated heterocycles. The number of benzene rings is 2. The van der Waals surface area contributed by atoms with Gasteiger partial charge in [-0.1, -0.05) is 29.4 Å². The van der Waals surface area contributed by atoms with Crippen molar-refractivity contribution in [2.75, 3.05) is 48.8 Å². The van der Waals surface area contributed by atoms with Crippen LogP contribution in [-0.2, 0) is 41.7 Å². The third kappa shape index (κ3) is 7.23. The molecular weight excluding hydrogens is 492 g/mol. The Morgan fingerprint density at radius 3 is 2.13 bits per heavy atom. The van der Waals surface area contributed by atoms with E-state index in [4.69, 9.17) is 28.5 Å². The molecule has 0 spiro atoms. The first-order valence-electron chi connectivity index (χ1n) is 12.4. The highest BCUT2D eigenvalue weighted by Crippen LogP contribution is 2.40. The third-order valence-electron chi connectivity index (χ3n) is 6.38. The maximum Gasteiger partial charge on any atom is 0.328 e. The van der Waals surface area contributed by atoms with Gasteiger partial charge in [-0.2, -0.15) is 0 Å². The van der Waals surface area contributed by atoms with E-state index < -0.39 is 17.9 Å². The summed E-state index contributed by atoms with van der Waals surface area (Å²) in [6.07, 6.45) is 1.53. The highest BCUT2D eigenvalue weighted by molar-refractivity contribution is 6.39. The van der Waals surface area contributed by atoms with Gasteiger partial charge in [0, 0.05) is 32.7 Å². The summed E-state index contributed by atoms with van der Waals surface area (Å²) < 4.78 is 26.9. The SMILES string of the molecule is COCc1cc(OC)c(-c2ccc(C[C@H](NC(=O)C(=NOC)C3CCOCC3)C(=O)OC)cc2)c(OC)c1. The van der Waals surface area contributed by atoms with Gasteiger partial charge in [-0.25, -0.2) is 4.79 Å². The van der Waals surface area contributed by atoms with Crippen LogP contribution < -0.4 is 14.8 Å². The van der Waals surface area contributed by atoms with Gasteiger partial charge in [-0.05, 0) is 41.7 Å². The summed E-state index contributed by atoms with van der Waals surface area (Å²) in [6, 6.07) is 10.5. The minimum atomic E-state index is -0.905. The molecule has 0 bridgehead atoms. The highest BCUT2D eigenvalue weighted by Gasteiger charge is 2.30. The molecule has 10 nitrogen and oxygen atoms in total. The number of carbonyl (C=O) groups is 2. The monoisotopic (exact) mass is 528 g/mol. The molecule has 2 aromatic carbocycles. The van der Waals surface area contributed by atoms with E-state index in [1.165, 1.54) is 14.2 Å². The molecular formula is C28H36N2O8. The molecule has 0 radical (unpaired) electrons. The summed E-state index contributed by atoms with van der Waals surface area (Å²) in [5.74, 6) is 0.185. The number of esters is 1. The highest BCUT2D eigenvalue weighted by atomic mass is 16.6. The third-order valence-corrected chi connectivity index (χ3v) is 6.38. The summed E-state index contributed by atoms with van der Waals surface area (Å²) in [6.45, 7) is 1.51. The predicted octanol–water partition coefficient (Wildman–Crippen LogP) is 3.15. The number of rotatable bonds is 12. The van der Waals surface area contributed by atoms with E-state index in [1.54, 1.807) is 21.3 Å². The zero-order valence-corrected chi connectivity index (χ0v) is 22.6. The molecule has 3 rings (SSSR count). The predicted molar refractivity (Wildman–Crippen MR) is 141 cm³/mol. The molecule has 38 heavy (non-hydrogen) atoms. The van der Waals surface area contributed by atoms with E-state index in [0.717, 1.165) is 22.3 Å². The first-order chi connectivity index (χ1) is 18.4. The average Bonchev–Trinajstić information content (AvgIpc) is 2.95. The Labute approximate surface area is 223 Å². The van der Waals surface area contributed by atoms with Crippen molar-refractivity contribution in [3.8, 4) is 22.6 Å². The van der Waals surface area contributed by atoms with Crippen LogP contribution in [0.5, 0.6) is 11.5 Å². The van der Waals surface area contributed by atoms with Crippen LogP contribution in [-0.4, -0.2) is 72.4 Å². The minimum absolute atomic E-state index is 0.110. The van der Waals surface area contributed by atoms with Crippen molar-refractivity contribution in [2.24, 2.45) is 11.1 Å². The second kappa shape index (κ2) is 14.3. The molecule has 10 heteroatoms. The van der Waals surface area contributed by atoms with Gasteiger partial charge in [0.2, 0.25) is 0 Å². The number of nitrogens with one attached hydrogen (secondary N) is 1. The van der Waals surface area contributed by atoms with Crippen molar-refractivity contribution < 1.29 is 38.1 Å². The fraction of sp³-hybridized carbons (Fsp3) is 0.464. The Morgan fingerprint density at radius 1 is 0.974 bits per heavy atom. The van der Waals surface area contributed by atoms with Gasteiger partial charge < -0.3 is 33.8 Å². The molecule has 0 saturated carbocycles. The fourth-order valence-corrected chi connectivity index (χ4v) is 4.48. The van der Waals surface area contributed by atoms with Gasteiger partial charge in [-0.15, -0.1) is 0 Å². The summed E-state index contributed by atoms with van der Waals surface area (Å²) in [7, 11) is 7.52. The summed E-state index contributed by atoms with van der Waals surface area (Å²) in [4.78, 5) is 30.6. The maximum absolute atomic E-state index is 13.1. The van der Waals surface area contributed by atoms with Gasteiger partial charge in [-0.3, -0.25) is 4.79 Å². The number of hydrogen-bond acceptors (Lipinski definition) is 9. The topological polar surface area (TPSA) is 114 Å². The van der Waals surface area contributed by atoms with Crippen LogP contribution in [0.1, 0.15) is 24.0 Å². The lowest BCUT2D eigenvalue weighted by atomic mass is 9.93. The standard InChI is InChI=1S/C28H36N2O8/c1-33-17-19-15-23(34-2)25(24(16-19)35-3)20-8-6-18(7-9-20)14-22(28(32)36-4)29-27(31)26(30-37-5)21-10-12-38-13-11-21/h6-9,15-16,21-22H,10-14,17H2,1-5H3,(H,29,31)/t22-/m0/s1. The van der Waals surface area contributed by atoms with E-state index in [9.17, 15) is 9.59 Å². The van der Waals surface area contributed by atoms with Gasteiger partial charge >= 0.3 is 5.97 Å². The van der Waals surface area contributed by atoms with Crippen molar-refractivity contribution in [3.05, 3.63) is 47.5 Å². The van der Waals surface area contributed by atoms with Crippen molar-refractivity contribution in [3.63, 3.8) is 0 Å². The smallest absolute Gasteiger partial charge is 0.328 e. The second-order valence-corrected chi connectivity index (χ2v) is 8.80. The number of ether oxygens (including phenoxy) is 5. The first-order valence-corrected chi connectivity index (χ1v) is 12.4. The van der Waals surface area contributed by atoms with E-state index in [2.05, 4.69) is 10.5 Å². The zero-order valence-electron chi connectivity index (χ0n) is 22.6. The van der Waals surface area contributed by atoms with Crippen LogP contribution in [0.15, 0.2) is 41.6 Å². The van der Waals surface area contributed by atoms with Crippen LogP contribution in [0, 0.1) is 5.92 Å².